The van der Waals surface area contributed by atoms with Crippen molar-refractivity contribution in [3.8, 4) is 44.9 Å². The molecule has 0 bridgehead atoms. The largest absolute Gasteiger partial charge is 0.378 e. The lowest BCUT2D eigenvalue weighted by Crippen LogP contribution is -2.29. The maximum absolute atomic E-state index is 13.8. The molecule has 0 saturated heterocycles. The van der Waals surface area contributed by atoms with E-state index in [2.05, 4.69) is 24.3 Å². The Kier molecular flexibility index (Phi) is 9.46. The molecule has 1 aliphatic carbocycles. The van der Waals surface area contributed by atoms with Crippen molar-refractivity contribution in [3.63, 3.8) is 0 Å². The topological polar surface area (TPSA) is 86.7 Å². The van der Waals surface area contributed by atoms with Crippen LogP contribution in [0.15, 0.2) is 204 Å². The maximum Gasteiger partial charge on any atom is 0.339 e. The molecular formula is C49H32F2O6S2. The molecule has 0 atom stereocenters. The third-order valence-electron chi connectivity index (χ3n) is 10.6. The van der Waals surface area contributed by atoms with Crippen molar-refractivity contribution in [2.45, 2.75) is 15.2 Å². The van der Waals surface area contributed by atoms with Gasteiger partial charge in [-0.25, -0.2) is 8.78 Å². The molecule has 290 valence electrons. The van der Waals surface area contributed by atoms with Crippen molar-refractivity contribution in [2.24, 2.45) is 0 Å². The molecule has 10 heteroatoms. The van der Waals surface area contributed by atoms with Crippen LogP contribution >= 0.6 is 0 Å². The van der Waals surface area contributed by atoms with Gasteiger partial charge in [0.1, 0.15) is 21.4 Å². The molecule has 6 nitrogen and oxygen atoms in total. The van der Waals surface area contributed by atoms with Gasteiger partial charge in [0.25, 0.3) is 0 Å². The van der Waals surface area contributed by atoms with E-state index in [9.17, 15) is 25.6 Å². The van der Waals surface area contributed by atoms with Crippen LogP contribution in [0.4, 0.5) is 8.78 Å². The Morgan fingerprint density at radius 2 is 0.729 bits per heavy atom. The lowest BCUT2D eigenvalue weighted by molar-refractivity contribution is 0.485. The van der Waals surface area contributed by atoms with Crippen LogP contribution in [0.25, 0.3) is 33.4 Å². The minimum atomic E-state index is -4.38. The average molecular weight is 819 g/mol. The Balaban J connectivity index is 1.29. The summed E-state index contributed by atoms with van der Waals surface area (Å²) in [7, 11) is -8.77. The minimum Gasteiger partial charge on any atom is -0.378 e. The molecule has 0 fully saturated rings. The lowest BCUT2D eigenvalue weighted by Gasteiger charge is -2.35. The molecule has 8 aromatic rings. The summed E-state index contributed by atoms with van der Waals surface area (Å²) in [5, 5.41) is 0. The molecule has 0 saturated carbocycles. The van der Waals surface area contributed by atoms with Gasteiger partial charge < -0.3 is 8.37 Å². The molecule has 9 rings (SSSR count). The second-order valence-corrected chi connectivity index (χ2v) is 17.1. The highest BCUT2D eigenvalue weighted by Gasteiger charge is 2.46. The van der Waals surface area contributed by atoms with Crippen molar-refractivity contribution >= 4 is 20.2 Å². The summed E-state index contributed by atoms with van der Waals surface area (Å²) in [5.74, 6) is -1.02. The van der Waals surface area contributed by atoms with Crippen molar-refractivity contribution in [1.29, 1.82) is 0 Å². The number of hydrogen-bond acceptors (Lipinski definition) is 6. The summed E-state index contributed by atoms with van der Waals surface area (Å²) in [5.41, 5.74) is 6.72. The zero-order valence-corrected chi connectivity index (χ0v) is 32.6. The highest BCUT2D eigenvalue weighted by molar-refractivity contribution is 7.87. The van der Waals surface area contributed by atoms with E-state index in [0.717, 1.165) is 81.9 Å². The molecule has 0 unspecified atom stereocenters. The summed E-state index contributed by atoms with van der Waals surface area (Å²) in [6.07, 6.45) is 0. The molecule has 1 aliphatic rings. The first-order valence-electron chi connectivity index (χ1n) is 18.5. The Hall–Kier alpha value is -6.88. The van der Waals surface area contributed by atoms with Gasteiger partial charge in [-0.1, -0.05) is 121 Å². The Morgan fingerprint density at radius 1 is 0.373 bits per heavy atom. The highest BCUT2D eigenvalue weighted by atomic mass is 32.2. The second kappa shape index (κ2) is 14.8. The predicted octanol–water partition coefficient (Wildman–Crippen LogP) is 11.2. The van der Waals surface area contributed by atoms with Gasteiger partial charge in [-0.2, -0.15) is 16.8 Å². The SMILES string of the molecule is O=S(=O)(Oc1ccc(C2(c3ccc(OS(=O)(=O)c4ccc(F)cc4)c(-c4ccccc4)c3)c3ccccc3-c3ccccc32)cc1-c1ccccc1)c1ccc(F)cc1. The van der Waals surface area contributed by atoms with Crippen LogP contribution in [0, 0.1) is 11.6 Å². The number of benzene rings is 8. The zero-order valence-electron chi connectivity index (χ0n) is 31.0. The van der Waals surface area contributed by atoms with E-state index in [4.69, 9.17) is 8.37 Å². The highest BCUT2D eigenvalue weighted by Crippen LogP contribution is 2.57. The zero-order chi connectivity index (χ0) is 40.8. The summed E-state index contributed by atoms with van der Waals surface area (Å²) in [6, 6.07) is 54.4. The molecule has 0 radical (unpaired) electrons. The van der Waals surface area contributed by atoms with Crippen LogP contribution in [0.2, 0.25) is 0 Å². The van der Waals surface area contributed by atoms with Crippen LogP contribution in [-0.4, -0.2) is 16.8 Å². The summed E-state index contributed by atoms with van der Waals surface area (Å²) < 4.78 is 93.8. The van der Waals surface area contributed by atoms with E-state index >= 15 is 0 Å². The molecule has 8 aromatic carbocycles. The normalized spacial score (nSPS) is 13.0. The first kappa shape index (κ1) is 37.7. The molecule has 0 amide bonds. The van der Waals surface area contributed by atoms with E-state index in [0.29, 0.717) is 22.3 Å². The van der Waals surface area contributed by atoms with Gasteiger partial charge in [-0.15, -0.1) is 0 Å². The standard InChI is InChI=1S/C49H32F2O6S2/c50-37-21-25-39(26-22-37)58(52,53)56-47-29-19-35(31-43(47)33-11-3-1-4-12-33)49(45-17-9-7-15-41(45)42-16-8-10-18-46(42)49)36-20-30-48(44(32-36)34-13-5-2-6-14-34)57-59(54,55)40-27-23-38(51)24-28-40/h1-32H. The van der Waals surface area contributed by atoms with Gasteiger partial charge in [0.15, 0.2) is 11.5 Å². The fourth-order valence-electron chi connectivity index (χ4n) is 7.92. The summed E-state index contributed by atoms with van der Waals surface area (Å²) in [6.45, 7) is 0. The number of hydrogen-bond donors (Lipinski definition) is 0. The van der Waals surface area contributed by atoms with E-state index < -0.39 is 37.3 Å². The molecule has 0 aromatic heterocycles. The second-order valence-electron chi connectivity index (χ2n) is 14.0. The summed E-state index contributed by atoms with van der Waals surface area (Å²) in [4.78, 5) is -0.399. The third kappa shape index (κ3) is 6.76. The van der Waals surface area contributed by atoms with E-state index in [1.165, 1.54) is 0 Å². The predicted molar refractivity (Wildman–Crippen MR) is 223 cm³/mol. The number of fused-ring (bicyclic) bond motifs is 3. The lowest BCUT2D eigenvalue weighted by atomic mass is 9.67. The quantitative estimate of drug-likeness (QED) is 0.128. The van der Waals surface area contributed by atoms with Crippen LogP contribution in [0.1, 0.15) is 22.3 Å². The van der Waals surface area contributed by atoms with Gasteiger partial charge in [-0.05, 0) is 117 Å². The van der Waals surface area contributed by atoms with Gasteiger partial charge in [-0.3, -0.25) is 0 Å². The van der Waals surface area contributed by atoms with Gasteiger partial charge >= 0.3 is 20.2 Å². The monoisotopic (exact) mass is 818 g/mol. The fourth-order valence-corrected chi connectivity index (χ4v) is 9.81. The first-order valence-corrected chi connectivity index (χ1v) is 21.4. The van der Waals surface area contributed by atoms with E-state index in [1.54, 1.807) is 12.1 Å². The molecule has 0 spiro atoms. The van der Waals surface area contributed by atoms with Crippen LogP contribution in [0.3, 0.4) is 0 Å². The van der Waals surface area contributed by atoms with Crippen molar-refractivity contribution < 1.29 is 34.0 Å². The van der Waals surface area contributed by atoms with Crippen molar-refractivity contribution in [2.75, 3.05) is 0 Å². The molecule has 0 heterocycles. The Morgan fingerprint density at radius 3 is 1.12 bits per heavy atom. The Labute approximate surface area is 340 Å². The minimum absolute atomic E-state index is 0.0683. The van der Waals surface area contributed by atoms with Gasteiger partial charge in [0.2, 0.25) is 0 Å². The molecule has 0 aliphatic heterocycles. The van der Waals surface area contributed by atoms with E-state index in [-0.39, 0.29) is 21.3 Å². The summed E-state index contributed by atoms with van der Waals surface area (Å²) >= 11 is 0. The van der Waals surface area contributed by atoms with Crippen molar-refractivity contribution in [3.05, 3.63) is 228 Å². The molecular weight excluding hydrogens is 787 g/mol. The van der Waals surface area contributed by atoms with Crippen LogP contribution in [-0.2, 0) is 25.7 Å². The van der Waals surface area contributed by atoms with E-state index in [1.807, 2.05) is 109 Å². The van der Waals surface area contributed by atoms with Crippen LogP contribution < -0.4 is 8.37 Å². The smallest absolute Gasteiger partial charge is 0.339 e. The number of rotatable bonds is 10. The number of halogens is 2. The average Bonchev–Trinajstić information content (AvgIpc) is 3.56. The fraction of sp³-hybridized carbons (Fsp3) is 0.0204. The van der Waals surface area contributed by atoms with Gasteiger partial charge in [0, 0.05) is 11.1 Å². The Bertz CT molecular complexity index is 2870. The molecule has 59 heavy (non-hydrogen) atoms. The van der Waals surface area contributed by atoms with Gasteiger partial charge in [0.05, 0.1) is 5.41 Å². The van der Waals surface area contributed by atoms with Crippen molar-refractivity contribution in [1.82, 2.24) is 0 Å². The first-order chi connectivity index (χ1) is 28.5. The maximum atomic E-state index is 13.8. The third-order valence-corrected chi connectivity index (χ3v) is 13.0. The van der Waals surface area contributed by atoms with Crippen LogP contribution in [0.5, 0.6) is 11.5 Å². The molecule has 0 N–H and O–H groups in total.